The summed E-state index contributed by atoms with van der Waals surface area (Å²) in [4.78, 5) is 10.5. The van der Waals surface area contributed by atoms with Gasteiger partial charge in [0, 0.05) is 20.6 Å². The highest BCUT2D eigenvalue weighted by Gasteiger charge is 2.28. The smallest absolute Gasteiger partial charge is 0.306 e. The first-order valence-corrected chi connectivity index (χ1v) is 3.78. The topological polar surface area (TPSA) is 55.8 Å². The van der Waals surface area contributed by atoms with Gasteiger partial charge in [-0.2, -0.15) is 0 Å². The molecule has 4 heteroatoms. The number of rotatable bonds is 5. The van der Waals surface area contributed by atoms with Gasteiger partial charge in [-0.15, -0.1) is 0 Å². The van der Waals surface area contributed by atoms with E-state index in [4.69, 9.17) is 14.6 Å². The average Bonchev–Trinajstić information content (AvgIpc) is 2.04. The molecule has 0 aromatic rings. The first kappa shape index (κ1) is 11.4. The largest absolute Gasteiger partial charge is 0.481 e. The van der Waals surface area contributed by atoms with Crippen molar-refractivity contribution in [1.29, 1.82) is 0 Å². The molecular weight excluding hydrogens is 160 g/mol. The number of carboxylic acids is 1. The lowest BCUT2D eigenvalue weighted by molar-refractivity contribution is -0.205. The molecule has 4 nitrogen and oxygen atoms in total. The predicted molar refractivity (Wildman–Crippen MR) is 43.8 cm³/mol. The van der Waals surface area contributed by atoms with Gasteiger partial charge in [0.2, 0.25) is 0 Å². The lowest BCUT2D eigenvalue weighted by Crippen LogP contribution is -2.33. The van der Waals surface area contributed by atoms with Crippen LogP contribution in [-0.2, 0) is 14.3 Å². The summed E-state index contributed by atoms with van der Waals surface area (Å²) in [5, 5.41) is 8.63. The van der Waals surface area contributed by atoms with Crippen LogP contribution in [0.25, 0.3) is 0 Å². The van der Waals surface area contributed by atoms with Crippen molar-refractivity contribution in [2.75, 3.05) is 14.2 Å². The fourth-order valence-corrected chi connectivity index (χ4v) is 0.893. The zero-order valence-corrected chi connectivity index (χ0v) is 7.96. The number of carboxylic acid groups (broad SMARTS) is 1. The van der Waals surface area contributed by atoms with Crippen LogP contribution in [-0.4, -0.2) is 31.1 Å². The van der Waals surface area contributed by atoms with Crippen molar-refractivity contribution < 1.29 is 19.4 Å². The lowest BCUT2D eigenvalue weighted by Gasteiger charge is -2.27. The zero-order chi connectivity index (χ0) is 9.78. The van der Waals surface area contributed by atoms with Gasteiger partial charge >= 0.3 is 5.97 Å². The van der Waals surface area contributed by atoms with Gasteiger partial charge in [0.15, 0.2) is 5.79 Å². The average molecular weight is 176 g/mol. The van der Waals surface area contributed by atoms with Crippen molar-refractivity contribution in [2.24, 2.45) is 5.92 Å². The zero-order valence-electron chi connectivity index (χ0n) is 7.96. The Hall–Kier alpha value is -0.610. The van der Waals surface area contributed by atoms with Crippen LogP contribution in [0.3, 0.4) is 0 Å². The fraction of sp³-hybridized carbons (Fsp3) is 0.875. The van der Waals surface area contributed by atoms with E-state index < -0.39 is 17.7 Å². The maximum Gasteiger partial charge on any atom is 0.306 e. The van der Waals surface area contributed by atoms with E-state index in [1.165, 1.54) is 14.2 Å². The highest BCUT2D eigenvalue weighted by molar-refractivity contribution is 5.69. The molecule has 0 aliphatic heterocycles. The van der Waals surface area contributed by atoms with E-state index in [9.17, 15) is 4.79 Å². The van der Waals surface area contributed by atoms with Crippen molar-refractivity contribution in [3.05, 3.63) is 0 Å². The quantitative estimate of drug-likeness (QED) is 0.637. The standard InChI is InChI=1S/C8H16O4/c1-6(7(9)10)5-8(2,11-3)12-4/h6H,5H2,1-4H3,(H,9,10). The van der Waals surface area contributed by atoms with Crippen molar-refractivity contribution in [3.8, 4) is 0 Å². The molecule has 0 aliphatic carbocycles. The van der Waals surface area contributed by atoms with Crippen molar-refractivity contribution in [2.45, 2.75) is 26.1 Å². The Morgan fingerprint density at radius 2 is 1.92 bits per heavy atom. The SMILES string of the molecule is COC(C)(CC(C)C(=O)O)OC. The fourth-order valence-electron chi connectivity index (χ4n) is 0.893. The maximum absolute atomic E-state index is 10.5. The number of ether oxygens (including phenoxy) is 2. The molecule has 0 aromatic heterocycles. The van der Waals surface area contributed by atoms with Gasteiger partial charge in [0.05, 0.1) is 5.92 Å². The van der Waals surface area contributed by atoms with E-state index in [-0.39, 0.29) is 0 Å². The molecule has 0 saturated carbocycles. The van der Waals surface area contributed by atoms with Crippen LogP contribution in [0, 0.1) is 5.92 Å². The molecule has 0 radical (unpaired) electrons. The molecule has 72 valence electrons. The molecule has 0 spiro atoms. The summed E-state index contributed by atoms with van der Waals surface area (Å²) in [6.45, 7) is 3.34. The molecule has 12 heavy (non-hydrogen) atoms. The van der Waals surface area contributed by atoms with Crippen molar-refractivity contribution >= 4 is 5.97 Å². The van der Waals surface area contributed by atoms with Gasteiger partial charge in [-0.25, -0.2) is 0 Å². The summed E-state index contributed by atoms with van der Waals surface area (Å²) in [5.41, 5.74) is 0. The minimum Gasteiger partial charge on any atom is -0.481 e. The van der Waals surface area contributed by atoms with Gasteiger partial charge in [-0.3, -0.25) is 4.79 Å². The van der Waals surface area contributed by atoms with E-state index in [1.54, 1.807) is 13.8 Å². The Kier molecular flexibility index (Phi) is 4.20. The summed E-state index contributed by atoms with van der Waals surface area (Å²) in [7, 11) is 3.00. The maximum atomic E-state index is 10.5. The molecule has 0 saturated heterocycles. The van der Waals surface area contributed by atoms with Crippen LogP contribution < -0.4 is 0 Å². The molecular formula is C8H16O4. The summed E-state index contributed by atoms with van der Waals surface area (Å²) < 4.78 is 10.0. The van der Waals surface area contributed by atoms with Gasteiger partial charge in [0.1, 0.15) is 0 Å². The van der Waals surface area contributed by atoms with Crippen LogP contribution in [0.15, 0.2) is 0 Å². The first-order valence-electron chi connectivity index (χ1n) is 3.78. The third kappa shape index (κ3) is 3.19. The number of aliphatic carboxylic acids is 1. The van der Waals surface area contributed by atoms with Crippen LogP contribution in [0.4, 0.5) is 0 Å². The summed E-state index contributed by atoms with van der Waals surface area (Å²) in [5.74, 6) is -2.09. The molecule has 0 rings (SSSR count). The van der Waals surface area contributed by atoms with E-state index >= 15 is 0 Å². The van der Waals surface area contributed by atoms with E-state index in [0.717, 1.165) is 0 Å². The number of hydrogen-bond acceptors (Lipinski definition) is 3. The second-order valence-electron chi connectivity index (χ2n) is 2.99. The van der Waals surface area contributed by atoms with Crippen LogP contribution in [0.5, 0.6) is 0 Å². The number of carbonyl (C=O) groups is 1. The second kappa shape index (κ2) is 4.42. The highest BCUT2D eigenvalue weighted by atomic mass is 16.7. The Morgan fingerprint density at radius 3 is 2.17 bits per heavy atom. The molecule has 0 aromatic carbocycles. The lowest BCUT2D eigenvalue weighted by atomic mass is 10.0. The molecule has 0 fully saturated rings. The minimum absolute atomic E-state index is 0.343. The monoisotopic (exact) mass is 176 g/mol. The number of methoxy groups -OCH3 is 2. The third-order valence-corrected chi connectivity index (χ3v) is 1.96. The summed E-state index contributed by atoms with van der Waals surface area (Å²) in [6.07, 6.45) is 0.343. The molecule has 1 N–H and O–H groups in total. The van der Waals surface area contributed by atoms with Gasteiger partial charge in [-0.05, 0) is 6.92 Å². The van der Waals surface area contributed by atoms with Crippen LogP contribution in [0.1, 0.15) is 20.3 Å². The molecule has 0 aliphatic rings. The summed E-state index contributed by atoms with van der Waals surface area (Å²) >= 11 is 0. The molecule has 0 bridgehead atoms. The van der Waals surface area contributed by atoms with Gasteiger partial charge < -0.3 is 14.6 Å². The minimum atomic E-state index is -0.838. The Morgan fingerprint density at radius 1 is 1.50 bits per heavy atom. The third-order valence-electron chi connectivity index (χ3n) is 1.96. The van der Waals surface area contributed by atoms with E-state index in [2.05, 4.69) is 0 Å². The Labute approximate surface area is 72.5 Å². The highest BCUT2D eigenvalue weighted by Crippen LogP contribution is 2.20. The molecule has 0 amide bonds. The van der Waals surface area contributed by atoms with Crippen LogP contribution >= 0.6 is 0 Å². The molecule has 0 heterocycles. The summed E-state index contributed by atoms with van der Waals surface area (Å²) in [6, 6.07) is 0. The molecule has 1 atom stereocenters. The number of hydrogen-bond donors (Lipinski definition) is 1. The van der Waals surface area contributed by atoms with Gasteiger partial charge in [0.25, 0.3) is 0 Å². The second-order valence-corrected chi connectivity index (χ2v) is 2.99. The Balaban J connectivity index is 4.11. The van der Waals surface area contributed by atoms with E-state index in [1.807, 2.05) is 0 Å². The van der Waals surface area contributed by atoms with Crippen molar-refractivity contribution in [1.82, 2.24) is 0 Å². The van der Waals surface area contributed by atoms with Crippen LogP contribution in [0.2, 0.25) is 0 Å². The van der Waals surface area contributed by atoms with Crippen molar-refractivity contribution in [3.63, 3.8) is 0 Å². The first-order chi connectivity index (χ1) is 5.45. The van der Waals surface area contributed by atoms with Gasteiger partial charge in [-0.1, -0.05) is 6.92 Å². The predicted octanol–water partition coefficient (Wildman–Crippen LogP) is 1.11. The normalized spacial score (nSPS) is 14.3. The Bertz CT molecular complexity index is 151. The van der Waals surface area contributed by atoms with E-state index in [0.29, 0.717) is 6.42 Å². The molecule has 1 unspecified atom stereocenters.